The summed E-state index contributed by atoms with van der Waals surface area (Å²) in [6.07, 6.45) is 2.28. The average Bonchev–Trinajstić information content (AvgIpc) is 2.18. The van der Waals surface area contributed by atoms with Crippen LogP contribution >= 0.6 is 15.9 Å². The number of carbonyl (C=O) groups excluding carboxylic acids is 1. The number of rotatable bonds is 3. The third-order valence-corrected chi connectivity index (χ3v) is 3.37. The van der Waals surface area contributed by atoms with Crippen LogP contribution < -0.4 is 5.32 Å². The standard InChI is InChI=1S/C10H18BrNO2/c1-10(2,14-9(13)7-11)8-3-5-12-6-4-8/h8,12H,3-7H2,1-2H3/p+1. The van der Waals surface area contributed by atoms with Crippen LogP contribution in [0.15, 0.2) is 0 Å². The van der Waals surface area contributed by atoms with Gasteiger partial charge in [0.25, 0.3) is 0 Å². The van der Waals surface area contributed by atoms with Crippen molar-refractivity contribution in [3.8, 4) is 0 Å². The van der Waals surface area contributed by atoms with Crippen molar-refractivity contribution in [2.75, 3.05) is 18.4 Å². The van der Waals surface area contributed by atoms with Crippen LogP contribution in [0.4, 0.5) is 0 Å². The SMILES string of the molecule is CC(C)(OC(=O)CBr)C1CC[NH2+]CC1. The van der Waals surface area contributed by atoms with Gasteiger partial charge in [-0.05, 0) is 13.8 Å². The largest absolute Gasteiger partial charge is 0.459 e. The maximum Gasteiger partial charge on any atom is 0.317 e. The molecule has 1 rings (SSSR count). The Morgan fingerprint density at radius 1 is 1.50 bits per heavy atom. The minimum atomic E-state index is -0.306. The lowest BCUT2D eigenvalue weighted by Gasteiger charge is -2.35. The van der Waals surface area contributed by atoms with Crippen molar-refractivity contribution in [3.05, 3.63) is 0 Å². The van der Waals surface area contributed by atoms with Crippen molar-refractivity contribution in [1.82, 2.24) is 0 Å². The van der Waals surface area contributed by atoms with E-state index < -0.39 is 0 Å². The highest BCUT2D eigenvalue weighted by molar-refractivity contribution is 9.09. The van der Waals surface area contributed by atoms with E-state index >= 15 is 0 Å². The smallest absolute Gasteiger partial charge is 0.317 e. The molecule has 0 atom stereocenters. The van der Waals surface area contributed by atoms with E-state index in [4.69, 9.17) is 4.74 Å². The Morgan fingerprint density at radius 2 is 2.07 bits per heavy atom. The van der Waals surface area contributed by atoms with Gasteiger partial charge in [0.2, 0.25) is 0 Å². The molecule has 4 heteroatoms. The molecule has 14 heavy (non-hydrogen) atoms. The van der Waals surface area contributed by atoms with Gasteiger partial charge in [0.05, 0.1) is 13.1 Å². The number of quaternary nitrogens is 1. The highest BCUT2D eigenvalue weighted by atomic mass is 79.9. The number of hydrogen-bond donors (Lipinski definition) is 1. The zero-order valence-corrected chi connectivity index (χ0v) is 10.5. The molecule has 0 spiro atoms. The van der Waals surface area contributed by atoms with Gasteiger partial charge in [-0.3, -0.25) is 4.79 Å². The third kappa shape index (κ3) is 3.24. The molecular weight excluding hydrogens is 246 g/mol. The molecule has 1 heterocycles. The molecule has 0 aliphatic carbocycles. The minimum Gasteiger partial charge on any atom is -0.459 e. The number of halogens is 1. The Bertz CT molecular complexity index is 200. The summed E-state index contributed by atoms with van der Waals surface area (Å²) in [4.78, 5) is 11.2. The second-order valence-electron chi connectivity index (χ2n) is 4.35. The predicted molar refractivity (Wildman–Crippen MR) is 58.3 cm³/mol. The molecule has 0 aromatic heterocycles. The fourth-order valence-electron chi connectivity index (χ4n) is 2.03. The zero-order valence-electron chi connectivity index (χ0n) is 8.88. The molecule has 1 fully saturated rings. The van der Waals surface area contributed by atoms with E-state index in [1.54, 1.807) is 0 Å². The predicted octanol–water partition coefficient (Wildman–Crippen LogP) is 0.677. The Hall–Kier alpha value is -0.0900. The summed E-state index contributed by atoms with van der Waals surface area (Å²) in [5.41, 5.74) is -0.306. The molecule has 82 valence electrons. The van der Waals surface area contributed by atoms with E-state index in [1.807, 2.05) is 13.8 Å². The minimum absolute atomic E-state index is 0.162. The van der Waals surface area contributed by atoms with E-state index in [-0.39, 0.29) is 16.9 Å². The first-order valence-electron chi connectivity index (χ1n) is 5.15. The molecule has 2 N–H and O–H groups in total. The normalized spacial score (nSPS) is 19.4. The molecule has 1 aliphatic rings. The van der Waals surface area contributed by atoms with Crippen molar-refractivity contribution < 1.29 is 14.8 Å². The number of alkyl halides is 1. The molecule has 0 radical (unpaired) electrons. The van der Waals surface area contributed by atoms with Gasteiger partial charge in [0.15, 0.2) is 0 Å². The number of piperidine rings is 1. The molecule has 0 amide bonds. The molecular formula is C10H19BrNO2+. The quantitative estimate of drug-likeness (QED) is 0.602. The Kier molecular flexibility index (Phi) is 4.38. The summed E-state index contributed by atoms with van der Waals surface area (Å²) in [5, 5.41) is 2.61. The van der Waals surface area contributed by atoms with Crippen molar-refractivity contribution in [3.63, 3.8) is 0 Å². The van der Waals surface area contributed by atoms with Gasteiger partial charge in [0, 0.05) is 18.8 Å². The Labute approximate surface area is 93.7 Å². The number of carbonyl (C=O) groups is 1. The number of hydrogen-bond acceptors (Lipinski definition) is 2. The molecule has 1 aliphatic heterocycles. The maximum atomic E-state index is 11.2. The highest BCUT2D eigenvalue weighted by Gasteiger charge is 2.34. The molecule has 1 saturated heterocycles. The van der Waals surface area contributed by atoms with Crippen molar-refractivity contribution in [2.24, 2.45) is 5.92 Å². The number of esters is 1. The van der Waals surface area contributed by atoms with Crippen LogP contribution in [0.1, 0.15) is 26.7 Å². The highest BCUT2D eigenvalue weighted by Crippen LogP contribution is 2.27. The molecule has 3 nitrogen and oxygen atoms in total. The van der Waals surface area contributed by atoms with E-state index in [0.717, 1.165) is 25.9 Å². The van der Waals surface area contributed by atoms with Gasteiger partial charge in [-0.25, -0.2) is 0 Å². The van der Waals surface area contributed by atoms with Crippen molar-refractivity contribution in [1.29, 1.82) is 0 Å². The van der Waals surface area contributed by atoms with Crippen LogP contribution in [0.2, 0.25) is 0 Å². The third-order valence-electron chi connectivity index (χ3n) is 2.91. The zero-order chi connectivity index (χ0) is 10.6. The summed E-state index contributed by atoms with van der Waals surface area (Å²) in [6, 6.07) is 0. The lowest BCUT2D eigenvalue weighted by Crippen LogP contribution is -2.86. The van der Waals surface area contributed by atoms with E-state index in [0.29, 0.717) is 5.92 Å². The van der Waals surface area contributed by atoms with Gasteiger partial charge in [-0.15, -0.1) is 0 Å². The fraction of sp³-hybridized carbons (Fsp3) is 0.900. The van der Waals surface area contributed by atoms with Crippen molar-refractivity contribution in [2.45, 2.75) is 32.3 Å². The van der Waals surface area contributed by atoms with Crippen LogP contribution in [0.5, 0.6) is 0 Å². The van der Waals surface area contributed by atoms with E-state index in [9.17, 15) is 4.79 Å². The Balaban J connectivity index is 2.49. The van der Waals surface area contributed by atoms with Crippen LogP contribution in [0, 0.1) is 5.92 Å². The summed E-state index contributed by atoms with van der Waals surface area (Å²) >= 11 is 3.11. The van der Waals surface area contributed by atoms with Crippen LogP contribution in [-0.4, -0.2) is 30.0 Å². The van der Waals surface area contributed by atoms with Gasteiger partial charge >= 0.3 is 5.97 Å². The van der Waals surface area contributed by atoms with Gasteiger partial charge in [-0.2, -0.15) is 0 Å². The van der Waals surface area contributed by atoms with E-state index in [1.165, 1.54) is 0 Å². The fourth-order valence-corrected chi connectivity index (χ4v) is 2.14. The molecule has 0 aromatic rings. The van der Waals surface area contributed by atoms with E-state index in [2.05, 4.69) is 21.2 Å². The first kappa shape index (κ1) is 12.0. The first-order chi connectivity index (χ1) is 6.56. The average molecular weight is 265 g/mol. The molecule has 0 bridgehead atoms. The van der Waals surface area contributed by atoms with Gasteiger partial charge in [0.1, 0.15) is 10.9 Å². The second-order valence-corrected chi connectivity index (χ2v) is 4.91. The molecule has 0 saturated carbocycles. The van der Waals surface area contributed by atoms with Crippen LogP contribution in [0.3, 0.4) is 0 Å². The lowest BCUT2D eigenvalue weighted by atomic mass is 9.83. The van der Waals surface area contributed by atoms with Crippen LogP contribution in [-0.2, 0) is 9.53 Å². The number of nitrogens with two attached hydrogens (primary N) is 1. The monoisotopic (exact) mass is 264 g/mol. The summed E-state index contributed by atoms with van der Waals surface area (Å²) in [5.74, 6) is 0.347. The lowest BCUT2D eigenvalue weighted by molar-refractivity contribution is -0.665. The second kappa shape index (κ2) is 5.12. The first-order valence-corrected chi connectivity index (χ1v) is 6.28. The molecule has 0 aromatic carbocycles. The van der Waals surface area contributed by atoms with Gasteiger partial charge in [-0.1, -0.05) is 15.9 Å². The van der Waals surface area contributed by atoms with Gasteiger partial charge < -0.3 is 10.1 Å². The summed E-state index contributed by atoms with van der Waals surface area (Å²) in [6.45, 7) is 6.34. The van der Waals surface area contributed by atoms with Crippen molar-refractivity contribution >= 4 is 21.9 Å². The maximum absolute atomic E-state index is 11.2. The Morgan fingerprint density at radius 3 is 2.57 bits per heavy atom. The summed E-state index contributed by atoms with van der Waals surface area (Å²) in [7, 11) is 0. The van der Waals surface area contributed by atoms with Crippen LogP contribution in [0.25, 0.3) is 0 Å². The molecule has 0 unspecified atom stereocenters. The number of ether oxygens (including phenoxy) is 1. The topological polar surface area (TPSA) is 42.9 Å². The summed E-state index contributed by atoms with van der Waals surface area (Å²) < 4.78 is 5.43.